The summed E-state index contributed by atoms with van der Waals surface area (Å²) in [5.74, 6) is 1.56. The Labute approximate surface area is 149 Å². The van der Waals surface area contributed by atoms with Crippen LogP contribution in [0.1, 0.15) is 51.0 Å². The Kier molecular flexibility index (Phi) is 5.30. The van der Waals surface area contributed by atoms with Crippen LogP contribution in [0.5, 0.6) is 5.75 Å². The Balaban J connectivity index is 1.55. The summed E-state index contributed by atoms with van der Waals surface area (Å²) in [6.45, 7) is 2.49. The summed E-state index contributed by atoms with van der Waals surface area (Å²) < 4.78 is 5.23. The second-order valence-electron chi connectivity index (χ2n) is 7.43. The normalized spacial score (nSPS) is 23.8. The van der Waals surface area contributed by atoms with E-state index in [0.717, 1.165) is 43.4 Å². The number of amides is 2. The molecule has 1 aromatic rings. The summed E-state index contributed by atoms with van der Waals surface area (Å²) in [5, 5.41) is 6.12. The second-order valence-corrected chi connectivity index (χ2v) is 7.43. The van der Waals surface area contributed by atoms with Crippen LogP contribution in [-0.2, 0) is 15.1 Å². The first-order chi connectivity index (χ1) is 12.0. The third-order valence-electron chi connectivity index (χ3n) is 5.58. The first kappa shape index (κ1) is 17.8. The van der Waals surface area contributed by atoms with Crippen LogP contribution < -0.4 is 15.4 Å². The summed E-state index contributed by atoms with van der Waals surface area (Å²) in [6.07, 6.45) is 5.43. The van der Waals surface area contributed by atoms with Gasteiger partial charge in [-0.2, -0.15) is 0 Å². The molecule has 2 atom stereocenters. The lowest BCUT2D eigenvalue weighted by atomic mass is 9.88. The largest absolute Gasteiger partial charge is 0.497 e. The number of carbonyl (C=O) groups is 2. The van der Waals surface area contributed by atoms with Crippen molar-refractivity contribution in [3.63, 3.8) is 0 Å². The highest BCUT2D eigenvalue weighted by atomic mass is 16.5. The molecular formula is C20H28N2O3. The topological polar surface area (TPSA) is 67.4 Å². The number of ether oxygens (including phenoxy) is 1. The molecule has 0 radical (unpaired) electrons. The molecule has 2 amide bonds. The van der Waals surface area contributed by atoms with E-state index in [-0.39, 0.29) is 23.3 Å². The zero-order valence-corrected chi connectivity index (χ0v) is 15.1. The van der Waals surface area contributed by atoms with Crippen molar-refractivity contribution in [3.05, 3.63) is 29.8 Å². The summed E-state index contributed by atoms with van der Waals surface area (Å²) in [5.41, 5.74) is 0.855. The smallest absolute Gasteiger partial charge is 0.223 e. The fraction of sp³-hybridized carbons (Fsp3) is 0.600. The van der Waals surface area contributed by atoms with Crippen LogP contribution in [0.15, 0.2) is 24.3 Å². The van der Waals surface area contributed by atoms with Gasteiger partial charge in [-0.25, -0.2) is 0 Å². The zero-order valence-electron chi connectivity index (χ0n) is 15.1. The van der Waals surface area contributed by atoms with Gasteiger partial charge in [-0.05, 0) is 42.9 Å². The van der Waals surface area contributed by atoms with E-state index in [4.69, 9.17) is 4.74 Å². The number of hydrogen-bond donors (Lipinski definition) is 2. The Hall–Kier alpha value is -2.04. The molecule has 2 N–H and O–H groups in total. The van der Waals surface area contributed by atoms with Crippen LogP contribution in [-0.4, -0.2) is 25.5 Å². The van der Waals surface area contributed by atoms with Crippen LogP contribution in [0.25, 0.3) is 0 Å². The second kappa shape index (κ2) is 7.46. The van der Waals surface area contributed by atoms with Crippen LogP contribution in [0.3, 0.4) is 0 Å². The maximum absolute atomic E-state index is 12.4. The molecule has 0 saturated heterocycles. The Morgan fingerprint density at radius 2 is 1.84 bits per heavy atom. The summed E-state index contributed by atoms with van der Waals surface area (Å²) in [4.78, 5) is 24.3. The lowest BCUT2D eigenvalue weighted by molar-refractivity contribution is -0.124. The van der Waals surface area contributed by atoms with Crippen LogP contribution in [0, 0.1) is 11.8 Å². The molecular weight excluding hydrogens is 316 g/mol. The van der Waals surface area contributed by atoms with Gasteiger partial charge < -0.3 is 15.4 Å². The summed E-state index contributed by atoms with van der Waals surface area (Å²) in [6, 6.07) is 7.97. The molecule has 0 aromatic heterocycles. The van der Waals surface area contributed by atoms with E-state index >= 15 is 0 Å². The minimum absolute atomic E-state index is 0.00173. The first-order valence-electron chi connectivity index (χ1n) is 9.27. The maximum Gasteiger partial charge on any atom is 0.223 e. The molecule has 3 rings (SSSR count). The number of methoxy groups -OCH3 is 1. The molecule has 2 saturated carbocycles. The molecule has 0 unspecified atom stereocenters. The van der Waals surface area contributed by atoms with Gasteiger partial charge in [0.05, 0.1) is 12.6 Å². The van der Waals surface area contributed by atoms with Crippen molar-refractivity contribution >= 4 is 11.8 Å². The van der Waals surface area contributed by atoms with Gasteiger partial charge in [0.1, 0.15) is 5.75 Å². The van der Waals surface area contributed by atoms with E-state index in [1.807, 2.05) is 24.3 Å². The van der Waals surface area contributed by atoms with Gasteiger partial charge in [0.15, 0.2) is 0 Å². The SMILES string of the molecule is COc1ccc(C2(NC(=O)CCNC(=O)[C@@H]3C[C@@H]3C)CCCC2)cc1. The Morgan fingerprint density at radius 3 is 2.40 bits per heavy atom. The highest BCUT2D eigenvalue weighted by Gasteiger charge is 2.39. The Morgan fingerprint density at radius 1 is 1.20 bits per heavy atom. The van der Waals surface area contributed by atoms with Gasteiger partial charge in [0, 0.05) is 18.9 Å². The summed E-state index contributed by atoms with van der Waals surface area (Å²) in [7, 11) is 1.65. The van der Waals surface area contributed by atoms with Crippen molar-refractivity contribution in [1.29, 1.82) is 0 Å². The lowest BCUT2D eigenvalue weighted by Crippen LogP contribution is -2.44. The molecule has 25 heavy (non-hydrogen) atoms. The molecule has 5 heteroatoms. The van der Waals surface area contributed by atoms with E-state index in [2.05, 4.69) is 17.6 Å². The van der Waals surface area contributed by atoms with Crippen molar-refractivity contribution in [3.8, 4) is 5.75 Å². The molecule has 0 bridgehead atoms. The monoisotopic (exact) mass is 344 g/mol. The van der Waals surface area contributed by atoms with Gasteiger partial charge >= 0.3 is 0 Å². The molecule has 0 spiro atoms. The first-order valence-corrected chi connectivity index (χ1v) is 9.27. The number of hydrogen-bond acceptors (Lipinski definition) is 3. The molecule has 2 aliphatic carbocycles. The third-order valence-corrected chi connectivity index (χ3v) is 5.58. The van der Waals surface area contributed by atoms with E-state index in [0.29, 0.717) is 18.9 Å². The van der Waals surface area contributed by atoms with Gasteiger partial charge in [-0.15, -0.1) is 0 Å². The highest BCUT2D eigenvalue weighted by Crippen LogP contribution is 2.39. The van der Waals surface area contributed by atoms with Crippen molar-refractivity contribution in [2.24, 2.45) is 11.8 Å². The number of benzene rings is 1. The van der Waals surface area contributed by atoms with Crippen molar-refractivity contribution in [2.45, 2.75) is 51.0 Å². The molecule has 0 heterocycles. The quantitative estimate of drug-likeness (QED) is 0.799. The van der Waals surface area contributed by atoms with Gasteiger partial charge in [0.25, 0.3) is 0 Å². The predicted molar refractivity (Wildman–Crippen MR) is 96.2 cm³/mol. The Bertz CT molecular complexity index is 620. The van der Waals surface area contributed by atoms with Crippen LogP contribution >= 0.6 is 0 Å². The average Bonchev–Trinajstić information content (AvgIpc) is 3.16. The van der Waals surface area contributed by atoms with Crippen LogP contribution in [0.4, 0.5) is 0 Å². The molecule has 5 nitrogen and oxygen atoms in total. The summed E-state index contributed by atoms with van der Waals surface area (Å²) >= 11 is 0. The minimum Gasteiger partial charge on any atom is -0.497 e. The number of nitrogens with one attached hydrogen (secondary N) is 2. The molecule has 2 fully saturated rings. The van der Waals surface area contributed by atoms with E-state index in [9.17, 15) is 9.59 Å². The standard InChI is InChI=1S/C20H28N2O3/c1-14-13-17(14)19(24)21-12-9-18(23)22-20(10-3-4-11-20)15-5-7-16(25-2)8-6-15/h5-8,14,17H,3-4,9-13H2,1-2H3,(H,21,24)(H,22,23)/t14-,17+/m0/s1. The fourth-order valence-corrected chi connectivity index (χ4v) is 3.82. The predicted octanol–water partition coefficient (Wildman–Crippen LogP) is 2.74. The van der Waals surface area contributed by atoms with Crippen molar-refractivity contribution < 1.29 is 14.3 Å². The van der Waals surface area contributed by atoms with Gasteiger partial charge in [-0.1, -0.05) is 31.9 Å². The highest BCUT2D eigenvalue weighted by molar-refractivity contribution is 5.82. The zero-order chi connectivity index (χ0) is 17.9. The third kappa shape index (κ3) is 4.14. The van der Waals surface area contributed by atoms with E-state index in [1.165, 1.54) is 0 Å². The van der Waals surface area contributed by atoms with Gasteiger partial charge in [-0.3, -0.25) is 9.59 Å². The molecule has 2 aliphatic rings. The van der Waals surface area contributed by atoms with E-state index < -0.39 is 0 Å². The number of rotatable bonds is 7. The minimum atomic E-state index is -0.279. The average molecular weight is 344 g/mol. The fourth-order valence-electron chi connectivity index (χ4n) is 3.82. The molecule has 1 aromatic carbocycles. The van der Waals surface area contributed by atoms with E-state index in [1.54, 1.807) is 7.11 Å². The number of carbonyl (C=O) groups excluding carboxylic acids is 2. The lowest BCUT2D eigenvalue weighted by Gasteiger charge is -2.31. The van der Waals surface area contributed by atoms with Crippen LogP contribution in [0.2, 0.25) is 0 Å². The van der Waals surface area contributed by atoms with Crippen molar-refractivity contribution in [1.82, 2.24) is 10.6 Å². The molecule has 136 valence electrons. The van der Waals surface area contributed by atoms with Crippen molar-refractivity contribution in [2.75, 3.05) is 13.7 Å². The molecule has 0 aliphatic heterocycles. The maximum atomic E-state index is 12.4. The van der Waals surface area contributed by atoms with Gasteiger partial charge in [0.2, 0.25) is 11.8 Å².